The molecule has 0 radical (unpaired) electrons. The minimum absolute atomic E-state index is 0.865. The van der Waals surface area contributed by atoms with Gasteiger partial charge in [-0.15, -0.1) is 0 Å². The van der Waals surface area contributed by atoms with Gasteiger partial charge in [0.1, 0.15) is 0 Å². The van der Waals surface area contributed by atoms with Gasteiger partial charge in [0.05, 0.1) is 0 Å². The summed E-state index contributed by atoms with van der Waals surface area (Å²) in [5.41, 5.74) is 3.77. The molecule has 4 heteroatoms. The van der Waals surface area contributed by atoms with Crippen LogP contribution in [0.25, 0.3) is 0 Å². The van der Waals surface area contributed by atoms with Gasteiger partial charge in [-0.1, -0.05) is 66.0 Å². The fraction of sp³-hybridized carbons (Fsp3) is 0.200. The Labute approximate surface area is 139 Å². The number of anilines is 1. The maximum atomic E-state index is 3.61. The molecule has 0 atom stereocenters. The Bertz CT molecular complexity index is 552. The molecule has 0 aliphatic rings. The van der Waals surface area contributed by atoms with Crippen molar-refractivity contribution in [2.45, 2.75) is 11.9 Å². The van der Waals surface area contributed by atoms with E-state index in [4.69, 9.17) is 0 Å². The van der Waals surface area contributed by atoms with Crippen molar-refractivity contribution in [2.24, 2.45) is 0 Å². The highest BCUT2D eigenvalue weighted by Gasteiger charge is 2.05. The third-order valence-electron chi connectivity index (χ3n) is 2.95. The third-order valence-corrected chi connectivity index (χ3v) is 4.83. The van der Waals surface area contributed by atoms with E-state index in [9.17, 15) is 0 Å². The molecule has 1 nitrogen and oxygen atoms in total. The SMILES string of the molecule is CN(Cc1ccc(Br)cc1)c1ccc(CBr)c(Br)c1. The summed E-state index contributed by atoms with van der Waals surface area (Å²) in [6.07, 6.45) is 0. The van der Waals surface area contributed by atoms with E-state index in [1.165, 1.54) is 16.8 Å². The molecule has 0 saturated heterocycles. The lowest BCUT2D eigenvalue weighted by Gasteiger charge is -2.20. The van der Waals surface area contributed by atoms with E-state index in [0.29, 0.717) is 0 Å². The van der Waals surface area contributed by atoms with Gasteiger partial charge in [0, 0.05) is 33.6 Å². The van der Waals surface area contributed by atoms with E-state index < -0.39 is 0 Å². The molecule has 100 valence electrons. The van der Waals surface area contributed by atoms with Crippen LogP contribution in [-0.2, 0) is 11.9 Å². The van der Waals surface area contributed by atoms with Crippen LogP contribution in [-0.4, -0.2) is 7.05 Å². The van der Waals surface area contributed by atoms with E-state index in [-0.39, 0.29) is 0 Å². The normalized spacial score (nSPS) is 10.5. The van der Waals surface area contributed by atoms with Gasteiger partial charge >= 0.3 is 0 Å². The van der Waals surface area contributed by atoms with Crippen molar-refractivity contribution < 1.29 is 0 Å². The van der Waals surface area contributed by atoms with Gasteiger partial charge in [0.2, 0.25) is 0 Å². The summed E-state index contributed by atoms with van der Waals surface area (Å²) in [6.45, 7) is 0.896. The molecular formula is C15H14Br3N. The average Bonchev–Trinajstić information content (AvgIpc) is 2.41. The van der Waals surface area contributed by atoms with Crippen molar-refractivity contribution in [2.75, 3.05) is 11.9 Å². The fourth-order valence-corrected chi connectivity index (χ4v) is 3.47. The second kappa shape index (κ2) is 6.91. The van der Waals surface area contributed by atoms with Crippen LogP contribution in [0.1, 0.15) is 11.1 Å². The van der Waals surface area contributed by atoms with E-state index >= 15 is 0 Å². The average molecular weight is 448 g/mol. The highest BCUT2D eigenvalue weighted by molar-refractivity contribution is 9.11. The molecule has 2 aromatic rings. The summed E-state index contributed by atoms with van der Waals surface area (Å²) in [7, 11) is 2.11. The summed E-state index contributed by atoms with van der Waals surface area (Å²) in [5.74, 6) is 0. The first-order valence-corrected chi connectivity index (χ1v) is 8.61. The van der Waals surface area contributed by atoms with Gasteiger partial charge in [-0.25, -0.2) is 0 Å². The topological polar surface area (TPSA) is 3.24 Å². The Morgan fingerprint density at radius 1 is 1.00 bits per heavy atom. The quantitative estimate of drug-likeness (QED) is 0.540. The third kappa shape index (κ3) is 4.07. The smallest absolute Gasteiger partial charge is 0.0426 e. The number of alkyl halides is 1. The van der Waals surface area contributed by atoms with Crippen molar-refractivity contribution in [1.29, 1.82) is 0 Å². The molecule has 0 spiro atoms. The Morgan fingerprint density at radius 2 is 1.68 bits per heavy atom. The predicted octanol–water partition coefficient (Wildman–Crippen LogP) is 5.74. The zero-order valence-corrected chi connectivity index (χ0v) is 15.3. The van der Waals surface area contributed by atoms with Crippen LogP contribution in [0.5, 0.6) is 0 Å². The first-order valence-electron chi connectivity index (χ1n) is 5.90. The van der Waals surface area contributed by atoms with Crippen molar-refractivity contribution in [3.05, 3.63) is 62.5 Å². The largest absolute Gasteiger partial charge is 0.370 e. The number of rotatable bonds is 4. The van der Waals surface area contributed by atoms with Crippen LogP contribution in [0.4, 0.5) is 5.69 Å². The maximum Gasteiger partial charge on any atom is 0.0426 e. The number of benzene rings is 2. The number of hydrogen-bond acceptors (Lipinski definition) is 1. The van der Waals surface area contributed by atoms with Gasteiger partial charge in [0.25, 0.3) is 0 Å². The van der Waals surface area contributed by atoms with E-state index in [2.05, 4.69) is 102 Å². The zero-order chi connectivity index (χ0) is 13.8. The summed E-state index contributed by atoms with van der Waals surface area (Å²) in [5, 5.41) is 0.865. The summed E-state index contributed by atoms with van der Waals surface area (Å²) >= 11 is 10.5. The molecule has 0 N–H and O–H groups in total. The molecule has 0 aromatic heterocycles. The van der Waals surface area contributed by atoms with Gasteiger partial charge in [-0.2, -0.15) is 0 Å². The first kappa shape index (κ1) is 15.1. The minimum atomic E-state index is 0.865. The van der Waals surface area contributed by atoms with E-state index in [0.717, 1.165) is 20.8 Å². The monoisotopic (exact) mass is 445 g/mol. The lowest BCUT2D eigenvalue weighted by molar-refractivity contribution is 0.921. The fourth-order valence-electron chi connectivity index (χ4n) is 1.84. The van der Waals surface area contributed by atoms with Crippen molar-refractivity contribution in [3.8, 4) is 0 Å². The van der Waals surface area contributed by atoms with Crippen LogP contribution < -0.4 is 4.90 Å². The second-order valence-electron chi connectivity index (χ2n) is 4.39. The molecule has 0 heterocycles. The molecule has 0 aliphatic heterocycles. The molecule has 0 fully saturated rings. The highest BCUT2D eigenvalue weighted by atomic mass is 79.9. The number of nitrogens with zero attached hydrogens (tertiary/aromatic N) is 1. The first-order chi connectivity index (χ1) is 9.10. The van der Waals surface area contributed by atoms with Crippen molar-refractivity contribution >= 4 is 53.5 Å². The van der Waals surface area contributed by atoms with Crippen LogP contribution in [0.2, 0.25) is 0 Å². The van der Waals surface area contributed by atoms with Gasteiger partial charge < -0.3 is 4.90 Å². The van der Waals surface area contributed by atoms with E-state index in [1.54, 1.807) is 0 Å². The molecule has 2 aromatic carbocycles. The summed E-state index contributed by atoms with van der Waals surface area (Å²) < 4.78 is 2.26. The molecule has 0 unspecified atom stereocenters. The van der Waals surface area contributed by atoms with Gasteiger partial charge in [-0.3, -0.25) is 0 Å². The maximum absolute atomic E-state index is 3.61. The number of halogens is 3. The lowest BCUT2D eigenvalue weighted by atomic mass is 10.2. The predicted molar refractivity (Wildman–Crippen MR) is 93.0 cm³/mol. The van der Waals surface area contributed by atoms with Gasteiger partial charge in [-0.05, 0) is 35.4 Å². The van der Waals surface area contributed by atoms with Crippen LogP contribution in [0.15, 0.2) is 51.4 Å². The summed E-state index contributed by atoms with van der Waals surface area (Å²) in [6, 6.07) is 14.9. The molecule has 0 bridgehead atoms. The van der Waals surface area contributed by atoms with E-state index in [1.807, 2.05) is 0 Å². The molecule has 19 heavy (non-hydrogen) atoms. The van der Waals surface area contributed by atoms with Crippen molar-refractivity contribution in [1.82, 2.24) is 0 Å². The van der Waals surface area contributed by atoms with Gasteiger partial charge in [0.15, 0.2) is 0 Å². The molecule has 0 amide bonds. The minimum Gasteiger partial charge on any atom is -0.370 e. The Hall–Kier alpha value is -0.320. The molecular weight excluding hydrogens is 434 g/mol. The lowest BCUT2D eigenvalue weighted by Crippen LogP contribution is -2.16. The molecule has 0 saturated carbocycles. The van der Waals surface area contributed by atoms with Crippen molar-refractivity contribution in [3.63, 3.8) is 0 Å². The van der Waals surface area contributed by atoms with Crippen LogP contribution >= 0.6 is 47.8 Å². The van der Waals surface area contributed by atoms with Crippen LogP contribution in [0.3, 0.4) is 0 Å². The standard InChI is InChI=1S/C15H14Br3N/c1-19(10-11-2-5-13(17)6-3-11)14-7-4-12(9-16)15(18)8-14/h2-8H,9-10H2,1H3. The summed E-state index contributed by atoms with van der Waals surface area (Å²) in [4.78, 5) is 2.24. The Kier molecular flexibility index (Phi) is 5.48. The zero-order valence-electron chi connectivity index (χ0n) is 10.5. The van der Waals surface area contributed by atoms with Crippen LogP contribution in [0, 0.1) is 0 Å². The molecule has 2 rings (SSSR count). The highest BCUT2D eigenvalue weighted by Crippen LogP contribution is 2.26. The Balaban J connectivity index is 2.13. The molecule has 0 aliphatic carbocycles. The number of hydrogen-bond donors (Lipinski definition) is 0. The Morgan fingerprint density at radius 3 is 2.26 bits per heavy atom. The second-order valence-corrected chi connectivity index (χ2v) is 6.72.